The Kier molecular flexibility index (Phi) is 3.89. The van der Waals surface area contributed by atoms with Crippen LogP contribution in [0.1, 0.15) is 27.2 Å². The van der Waals surface area contributed by atoms with E-state index in [2.05, 4.69) is 10.6 Å². The molecule has 0 aromatic heterocycles. The molecule has 82 valence electrons. The van der Waals surface area contributed by atoms with Crippen molar-refractivity contribution in [3.05, 3.63) is 0 Å². The van der Waals surface area contributed by atoms with Gasteiger partial charge in [-0.2, -0.15) is 0 Å². The molecule has 1 saturated heterocycles. The minimum atomic E-state index is -0.245. The third kappa shape index (κ3) is 4.58. The second-order valence-corrected chi connectivity index (χ2v) is 4.66. The Balaban J connectivity index is 2.15. The molecule has 4 heteroatoms. The molecule has 1 heterocycles. The number of carbonyl (C=O) groups excluding carboxylic acids is 1. The number of amides is 1. The number of rotatable bonds is 3. The smallest absolute Gasteiger partial charge is 0.246 e. The SMILES string of the molecule is CC(C)(C)OCC(=O)N[C@H]1CCNC1. The molecule has 1 fully saturated rings. The average molecular weight is 200 g/mol. The molecule has 0 saturated carbocycles. The summed E-state index contributed by atoms with van der Waals surface area (Å²) in [5.41, 5.74) is -0.245. The van der Waals surface area contributed by atoms with Crippen LogP contribution in [0.2, 0.25) is 0 Å². The molecular weight excluding hydrogens is 180 g/mol. The first-order chi connectivity index (χ1) is 6.47. The molecule has 0 aromatic carbocycles. The lowest BCUT2D eigenvalue weighted by Crippen LogP contribution is -2.39. The summed E-state index contributed by atoms with van der Waals surface area (Å²) >= 11 is 0. The third-order valence-corrected chi connectivity index (χ3v) is 2.06. The fraction of sp³-hybridized carbons (Fsp3) is 0.900. The highest BCUT2D eigenvalue weighted by molar-refractivity contribution is 5.77. The average Bonchev–Trinajstić information content (AvgIpc) is 2.52. The zero-order valence-corrected chi connectivity index (χ0v) is 9.22. The van der Waals surface area contributed by atoms with Gasteiger partial charge in [0.15, 0.2) is 0 Å². The summed E-state index contributed by atoms with van der Waals surface area (Å²) in [5.74, 6) is -0.0198. The number of hydrogen-bond donors (Lipinski definition) is 2. The lowest BCUT2D eigenvalue weighted by atomic mass is 10.2. The molecule has 2 N–H and O–H groups in total. The minimum Gasteiger partial charge on any atom is -0.366 e. The van der Waals surface area contributed by atoms with E-state index in [1.165, 1.54) is 0 Å². The summed E-state index contributed by atoms with van der Waals surface area (Å²) in [6.45, 7) is 7.85. The zero-order valence-electron chi connectivity index (χ0n) is 9.22. The quantitative estimate of drug-likeness (QED) is 0.688. The summed E-state index contributed by atoms with van der Waals surface area (Å²) in [4.78, 5) is 11.4. The molecule has 0 radical (unpaired) electrons. The van der Waals surface area contributed by atoms with Gasteiger partial charge in [-0.05, 0) is 33.7 Å². The number of hydrogen-bond acceptors (Lipinski definition) is 3. The minimum absolute atomic E-state index is 0.0198. The van der Waals surface area contributed by atoms with Gasteiger partial charge in [-0.25, -0.2) is 0 Å². The monoisotopic (exact) mass is 200 g/mol. The first-order valence-corrected chi connectivity index (χ1v) is 5.11. The molecule has 1 atom stereocenters. The maximum absolute atomic E-state index is 11.4. The Morgan fingerprint density at radius 1 is 1.57 bits per heavy atom. The molecule has 1 rings (SSSR count). The molecule has 1 aliphatic rings. The van der Waals surface area contributed by atoms with Gasteiger partial charge in [-0.1, -0.05) is 0 Å². The normalized spacial score (nSPS) is 22.4. The number of nitrogens with one attached hydrogen (secondary N) is 2. The highest BCUT2D eigenvalue weighted by atomic mass is 16.5. The van der Waals surface area contributed by atoms with E-state index in [1.54, 1.807) is 0 Å². The predicted molar refractivity (Wildman–Crippen MR) is 55.1 cm³/mol. The van der Waals surface area contributed by atoms with E-state index in [1.807, 2.05) is 20.8 Å². The first kappa shape index (κ1) is 11.5. The van der Waals surface area contributed by atoms with E-state index >= 15 is 0 Å². The van der Waals surface area contributed by atoms with Crippen molar-refractivity contribution < 1.29 is 9.53 Å². The summed E-state index contributed by atoms with van der Waals surface area (Å²) in [7, 11) is 0. The maximum atomic E-state index is 11.4. The van der Waals surface area contributed by atoms with Crippen molar-refractivity contribution in [2.24, 2.45) is 0 Å². The van der Waals surface area contributed by atoms with E-state index in [0.717, 1.165) is 19.5 Å². The molecule has 14 heavy (non-hydrogen) atoms. The van der Waals surface area contributed by atoms with Crippen molar-refractivity contribution in [2.45, 2.75) is 38.8 Å². The van der Waals surface area contributed by atoms with Crippen LogP contribution in [0.25, 0.3) is 0 Å². The van der Waals surface area contributed by atoms with Crippen LogP contribution in [-0.2, 0) is 9.53 Å². The molecule has 0 aliphatic carbocycles. The van der Waals surface area contributed by atoms with Gasteiger partial charge in [-0.15, -0.1) is 0 Å². The number of ether oxygens (including phenoxy) is 1. The van der Waals surface area contributed by atoms with E-state index < -0.39 is 0 Å². The Morgan fingerprint density at radius 2 is 2.29 bits per heavy atom. The van der Waals surface area contributed by atoms with Gasteiger partial charge in [0.25, 0.3) is 0 Å². The van der Waals surface area contributed by atoms with Crippen LogP contribution in [-0.4, -0.2) is 37.2 Å². The van der Waals surface area contributed by atoms with Gasteiger partial charge < -0.3 is 15.4 Å². The third-order valence-electron chi connectivity index (χ3n) is 2.06. The Labute approximate surface area is 85.4 Å². The summed E-state index contributed by atoms with van der Waals surface area (Å²) in [5, 5.41) is 6.12. The van der Waals surface area contributed by atoms with Crippen LogP contribution in [0, 0.1) is 0 Å². The van der Waals surface area contributed by atoms with Gasteiger partial charge in [-0.3, -0.25) is 4.79 Å². The first-order valence-electron chi connectivity index (χ1n) is 5.11. The van der Waals surface area contributed by atoms with Crippen LogP contribution in [0.3, 0.4) is 0 Å². The van der Waals surface area contributed by atoms with Gasteiger partial charge in [0.05, 0.1) is 5.60 Å². The summed E-state index contributed by atoms with van der Waals surface area (Å²) in [6.07, 6.45) is 1.02. The lowest BCUT2D eigenvalue weighted by molar-refractivity contribution is -0.131. The molecule has 0 aromatic rings. The molecule has 0 spiro atoms. The lowest BCUT2D eigenvalue weighted by Gasteiger charge is -2.20. The topological polar surface area (TPSA) is 50.4 Å². The van der Waals surface area contributed by atoms with Crippen molar-refractivity contribution in [1.29, 1.82) is 0 Å². The van der Waals surface area contributed by atoms with Crippen molar-refractivity contribution in [1.82, 2.24) is 10.6 Å². The summed E-state index contributed by atoms with van der Waals surface area (Å²) in [6, 6.07) is 0.283. The fourth-order valence-electron chi connectivity index (χ4n) is 1.33. The van der Waals surface area contributed by atoms with Crippen molar-refractivity contribution in [2.75, 3.05) is 19.7 Å². The van der Waals surface area contributed by atoms with Gasteiger partial charge >= 0.3 is 0 Å². The van der Waals surface area contributed by atoms with Crippen LogP contribution in [0.5, 0.6) is 0 Å². The second-order valence-electron chi connectivity index (χ2n) is 4.66. The molecule has 0 unspecified atom stereocenters. The van der Waals surface area contributed by atoms with E-state index in [9.17, 15) is 4.79 Å². The second kappa shape index (κ2) is 4.75. The molecular formula is C10H20N2O2. The van der Waals surface area contributed by atoms with Crippen LogP contribution in [0.15, 0.2) is 0 Å². The number of carbonyl (C=O) groups is 1. The van der Waals surface area contributed by atoms with E-state index in [-0.39, 0.29) is 24.2 Å². The largest absolute Gasteiger partial charge is 0.366 e. The highest BCUT2D eigenvalue weighted by Gasteiger charge is 2.18. The van der Waals surface area contributed by atoms with E-state index in [4.69, 9.17) is 4.74 Å². The standard InChI is InChI=1S/C10H20N2O2/c1-10(2,3)14-7-9(13)12-8-4-5-11-6-8/h8,11H,4-7H2,1-3H3,(H,12,13)/t8-/m0/s1. The fourth-order valence-corrected chi connectivity index (χ4v) is 1.33. The zero-order chi connectivity index (χ0) is 10.6. The van der Waals surface area contributed by atoms with Gasteiger partial charge in [0, 0.05) is 12.6 Å². The molecule has 1 aliphatic heterocycles. The molecule has 4 nitrogen and oxygen atoms in total. The van der Waals surface area contributed by atoms with Crippen molar-refractivity contribution in [3.63, 3.8) is 0 Å². The van der Waals surface area contributed by atoms with Gasteiger partial charge in [0.1, 0.15) is 6.61 Å². The summed E-state index contributed by atoms with van der Waals surface area (Å²) < 4.78 is 5.37. The van der Waals surface area contributed by atoms with Crippen molar-refractivity contribution in [3.8, 4) is 0 Å². The van der Waals surface area contributed by atoms with Crippen LogP contribution < -0.4 is 10.6 Å². The van der Waals surface area contributed by atoms with Crippen molar-refractivity contribution >= 4 is 5.91 Å². The van der Waals surface area contributed by atoms with Gasteiger partial charge in [0.2, 0.25) is 5.91 Å². The predicted octanol–water partition coefficient (Wildman–Crippen LogP) is 0.280. The van der Waals surface area contributed by atoms with Crippen LogP contribution in [0.4, 0.5) is 0 Å². The van der Waals surface area contributed by atoms with E-state index in [0.29, 0.717) is 0 Å². The molecule has 1 amide bonds. The Morgan fingerprint density at radius 3 is 2.79 bits per heavy atom. The molecule has 0 bridgehead atoms. The van der Waals surface area contributed by atoms with Crippen LogP contribution >= 0.6 is 0 Å². The Bertz CT molecular complexity index is 193. The highest BCUT2D eigenvalue weighted by Crippen LogP contribution is 2.06. The Hall–Kier alpha value is -0.610. The maximum Gasteiger partial charge on any atom is 0.246 e.